The Morgan fingerprint density at radius 1 is 1.15 bits per heavy atom. The first-order valence-corrected chi connectivity index (χ1v) is 5.69. The Hall–Kier alpha value is -0.830. The number of benzene rings is 1. The van der Waals surface area contributed by atoms with Crippen LogP contribution in [0.25, 0.3) is 0 Å². The third kappa shape index (κ3) is 1.10. The summed E-state index contributed by atoms with van der Waals surface area (Å²) in [5.41, 5.74) is 0. The van der Waals surface area contributed by atoms with Crippen LogP contribution in [0.1, 0.15) is 0 Å². The van der Waals surface area contributed by atoms with Gasteiger partial charge >= 0.3 is 8.09 Å². The van der Waals surface area contributed by atoms with E-state index >= 15 is 0 Å². The predicted molar refractivity (Wildman–Crippen MR) is 48.6 cm³/mol. The minimum absolute atomic E-state index is 0.655. The molecule has 0 bridgehead atoms. The van der Waals surface area contributed by atoms with Gasteiger partial charge in [-0.3, -0.25) is 9.05 Å². The Balaban J connectivity index is 1.96. The van der Waals surface area contributed by atoms with E-state index in [0.717, 1.165) is 18.0 Å². The van der Waals surface area contributed by atoms with Crippen molar-refractivity contribution in [1.82, 2.24) is 5.09 Å². The van der Waals surface area contributed by atoms with Crippen LogP contribution < -0.4 is 14.1 Å². The molecule has 0 aliphatic carbocycles. The van der Waals surface area contributed by atoms with Crippen LogP contribution in [0, 0.1) is 0 Å². The van der Waals surface area contributed by atoms with Crippen molar-refractivity contribution in [1.29, 1.82) is 0 Å². The Morgan fingerprint density at radius 2 is 1.85 bits per heavy atom. The maximum absolute atomic E-state index is 5.61. The normalized spacial score (nSPS) is 22.5. The summed E-state index contributed by atoms with van der Waals surface area (Å²) in [6, 6.07) is 7.60. The van der Waals surface area contributed by atoms with Crippen molar-refractivity contribution in [3.8, 4) is 11.5 Å². The van der Waals surface area contributed by atoms with Crippen molar-refractivity contribution in [2.75, 3.05) is 13.2 Å². The van der Waals surface area contributed by atoms with Gasteiger partial charge in [0.15, 0.2) is 0 Å². The van der Waals surface area contributed by atoms with E-state index in [2.05, 4.69) is 5.09 Å². The average molecular weight is 198 g/mol. The molecule has 0 radical (unpaired) electrons. The highest BCUT2D eigenvalue weighted by atomic mass is 31.2. The predicted octanol–water partition coefficient (Wildman–Crippen LogP) is 1.76. The second kappa shape index (κ2) is 2.58. The first kappa shape index (κ1) is 7.56. The molecule has 3 rings (SSSR count). The van der Waals surface area contributed by atoms with Crippen molar-refractivity contribution in [3.05, 3.63) is 24.3 Å². The van der Waals surface area contributed by atoms with Gasteiger partial charge in [0.1, 0.15) is 6.61 Å². The van der Waals surface area contributed by atoms with Crippen molar-refractivity contribution < 1.29 is 13.6 Å². The largest absolute Gasteiger partial charge is 0.592 e. The number of fused-ring (bicyclic) bond motifs is 1. The molecule has 1 fully saturated rings. The second-order valence-electron chi connectivity index (χ2n) is 2.87. The number of nitrogens with one attached hydrogen (secondary N) is 1. The molecule has 2 aliphatic rings. The highest BCUT2D eigenvalue weighted by Crippen LogP contribution is 2.66. The van der Waals surface area contributed by atoms with Crippen LogP contribution in [0.4, 0.5) is 0 Å². The van der Waals surface area contributed by atoms with Gasteiger partial charge in [0.2, 0.25) is 11.5 Å². The molecule has 0 atom stereocenters. The molecule has 13 heavy (non-hydrogen) atoms. The maximum Gasteiger partial charge on any atom is 0.592 e. The first-order valence-electron chi connectivity index (χ1n) is 4.15. The van der Waals surface area contributed by atoms with Crippen LogP contribution in [0.5, 0.6) is 11.5 Å². The molecule has 0 aromatic heterocycles. The fourth-order valence-electron chi connectivity index (χ4n) is 1.39. The first-order chi connectivity index (χ1) is 6.38. The van der Waals surface area contributed by atoms with Crippen molar-refractivity contribution in [2.24, 2.45) is 0 Å². The van der Waals surface area contributed by atoms with E-state index in [4.69, 9.17) is 13.6 Å². The highest BCUT2D eigenvalue weighted by Gasteiger charge is 2.58. The summed E-state index contributed by atoms with van der Waals surface area (Å²) in [5, 5.41) is 3.12. The third-order valence-corrected chi connectivity index (χ3v) is 3.96. The van der Waals surface area contributed by atoms with Crippen molar-refractivity contribution >= 4 is 8.09 Å². The van der Waals surface area contributed by atoms with Gasteiger partial charge in [0, 0.05) is 0 Å². The Kier molecular flexibility index (Phi) is 1.50. The molecule has 2 heterocycles. The Bertz CT molecular complexity index is 311. The number of hydrogen-bond acceptors (Lipinski definition) is 4. The number of para-hydroxylation sites is 2. The fraction of sp³-hybridized carbons (Fsp3) is 0.250. The summed E-state index contributed by atoms with van der Waals surface area (Å²) in [7, 11) is -2.23. The molecular formula is C8H9NO3P+. The van der Waals surface area contributed by atoms with Crippen LogP contribution in [-0.2, 0) is 4.52 Å². The molecule has 68 valence electrons. The van der Waals surface area contributed by atoms with Gasteiger partial charge in [0.25, 0.3) is 0 Å². The zero-order valence-corrected chi connectivity index (χ0v) is 7.79. The molecule has 1 N–H and O–H groups in total. The third-order valence-electron chi connectivity index (χ3n) is 1.95. The summed E-state index contributed by atoms with van der Waals surface area (Å²) < 4.78 is 16.7. The van der Waals surface area contributed by atoms with Crippen LogP contribution in [0.3, 0.4) is 0 Å². The van der Waals surface area contributed by atoms with Gasteiger partial charge in [-0.2, -0.15) is 0 Å². The van der Waals surface area contributed by atoms with Gasteiger partial charge in [-0.1, -0.05) is 17.2 Å². The molecule has 0 amide bonds. The van der Waals surface area contributed by atoms with Crippen molar-refractivity contribution in [3.63, 3.8) is 0 Å². The molecule has 1 aromatic rings. The molecule has 1 aromatic carbocycles. The fourth-order valence-corrected chi connectivity index (χ4v) is 3.27. The van der Waals surface area contributed by atoms with Crippen LogP contribution in [0.2, 0.25) is 0 Å². The van der Waals surface area contributed by atoms with E-state index in [1.807, 2.05) is 24.3 Å². The highest BCUT2D eigenvalue weighted by molar-refractivity contribution is 7.60. The zero-order chi connectivity index (χ0) is 8.73. The van der Waals surface area contributed by atoms with E-state index in [9.17, 15) is 0 Å². The lowest BCUT2D eigenvalue weighted by atomic mass is 10.3. The maximum atomic E-state index is 5.61. The van der Waals surface area contributed by atoms with Gasteiger partial charge in [0.05, 0.1) is 6.54 Å². The van der Waals surface area contributed by atoms with E-state index in [1.54, 1.807) is 0 Å². The lowest BCUT2D eigenvalue weighted by Gasteiger charge is -2.05. The SMILES string of the molecule is c1ccc2c(c1)O[P+]1(NCCO1)O2. The molecule has 0 saturated carbocycles. The van der Waals surface area contributed by atoms with Crippen LogP contribution >= 0.6 is 8.09 Å². The summed E-state index contributed by atoms with van der Waals surface area (Å²) >= 11 is 0. The zero-order valence-electron chi connectivity index (χ0n) is 6.90. The van der Waals surface area contributed by atoms with E-state index < -0.39 is 8.09 Å². The van der Waals surface area contributed by atoms with Gasteiger partial charge < -0.3 is 0 Å². The standard InChI is InChI=1S/C8H9NO3P/c1-2-4-8-7(3-1)11-13(12-8)9-5-6-10-13/h1-4,9H,5-6H2/q+1. The van der Waals surface area contributed by atoms with E-state index in [0.29, 0.717) is 6.61 Å². The molecule has 1 spiro atoms. The summed E-state index contributed by atoms with van der Waals surface area (Å²) in [6.07, 6.45) is 0. The molecule has 0 unspecified atom stereocenters. The lowest BCUT2D eigenvalue weighted by molar-refractivity contribution is 0.303. The van der Waals surface area contributed by atoms with Gasteiger partial charge in [-0.25, -0.2) is 0 Å². The van der Waals surface area contributed by atoms with E-state index in [-0.39, 0.29) is 0 Å². The summed E-state index contributed by atoms with van der Waals surface area (Å²) in [4.78, 5) is 0. The molecule has 5 heteroatoms. The van der Waals surface area contributed by atoms with Gasteiger partial charge in [-0.15, -0.1) is 4.52 Å². The van der Waals surface area contributed by atoms with Crippen LogP contribution in [-0.4, -0.2) is 13.2 Å². The number of rotatable bonds is 0. The quantitative estimate of drug-likeness (QED) is 0.644. The van der Waals surface area contributed by atoms with E-state index in [1.165, 1.54) is 0 Å². The number of hydrogen-bond donors (Lipinski definition) is 1. The average Bonchev–Trinajstić information content (AvgIpc) is 2.72. The monoisotopic (exact) mass is 198 g/mol. The Morgan fingerprint density at radius 3 is 2.38 bits per heavy atom. The summed E-state index contributed by atoms with van der Waals surface area (Å²) in [6.45, 7) is 1.45. The smallest absolute Gasteiger partial charge is 0.259 e. The second-order valence-corrected chi connectivity index (χ2v) is 4.80. The molecule has 1 saturated heterocycles. The Labute approximate surface area is 76.4 Å². The molecular weight excluding hydrogens is 189 g/mol. The topological polar surface area (TPSA) is 39.7 Å². The molecule has 2 aliphatic heterocycles. The minimum atomic E-state index is -2.23. The van der Waals surface area contributed by atoms with Gasteiger partial charge in [-0.05, 0) is 12.1 Å². The van der Waals surface area contributed by atoms with Crippen molar-refractivity contribution in [2.45, 2.75) is 0 Å². The minimum Gasteiger partial charge on any atom is -0.259 e. The molecule has 4 nitrogen and oxygen atoms in total. The van der Waals surface area contributed by atoms with Crippen LogP contribution in [0.15, 0.2) is 24.3 Å². The lowest BCUT2D eigenvalue weighted by Crippen LogP contribution is -2.14. The summed E-state index contributed by atoms with van der Waals surface area (Å²) in [5.74, 6) is 1.54.